The number of hydrogen-bond acceptors (Lipinski definition) is 3. The molecule has 0 aromatic rings. The van der Waals surface area contributed by atoms with Crippen molar-refractivity contribution in [1.82, 2.24) is 15.5 Å². The van der Waals surface area contributed by atoms with Gasteiger partial charge in [-0.05, 0) is 19.4 Å². The van der Waals surface area contributed by atoms with E-state index < -0.39 is 0 Å². The SMILES string of the molecule is O=C1CN(C[C@@H]2CCCN2)CCN1. The minimum Gasteiger partial charge on any atom is -0.354 e. The quantitative estimate of drug-likeness (QED) is 0.587. The average Bonchev–Trinajstić information content (AvgIpc) is 2.57. The van der Waals surface area contributed by atoms with Gasteiger partial charge in [-0.15, -0.1) is 0 Å². The van der Waals surface area contributed by atoms with Crippen LogP contribution in [-0.4, -0.2) is 49.6 Å². The monoisotopic (exact) mass is 183 g/mol. The van der Waals surface area contributed by atoms with Crippen LogP contribution in [0.1, 0.15) is 12.8 Å². The Balaban J connectivity index is 1.76. The fraction of sp³-hybridized carbons (Fsp3) is 0.889. The molecule has 0 saturated carbocycles. The molecular formula is C9H17N3O. The van der Waals surface area contributed by atoms with E-state index in [-0.39, 0.29) is 5.91 Å². The molecule has 13 heavy (non-hydrogen) atoms. The number of nitrogens with one attached hydrogen (secondary N) is 2. The number of carbonyl (C=O) groups excluding carboxylic acids is 1. The molecule has 0 aromatic heterocycles. The Morgan fingerprint density at radius 2 is 2.38 bits per heavy atom. The summed E-state index contributed by atoms with van der Waals surface area (Å²) in [6.45, 7) is 4.58. The highest BCUT2D eigenvalue weighted by molar-refractivity contribution is 5.78. The molecule has 4 nitrogen and oxygen atoms in total. The van der Waals surface area contributed by atoms with E-state index >= 15 is 0 Å². The lowest BCUT2D eigenvalue weighted by molar-refractivity contribution is -0.124. The molecule has 2 rings (SSSR count). The fourth-order valence-corrected chi connectivity index (χ4v) is 2.07. The van der Waals surface area contributed by atoms with Gasteiger partial charge in [-0.25, -0.2) is 0 Å². The molecule has 2 saturated heterocycles. The van der Waals surface area contributed by atoms with Crippen LogP contribution in [0.3, 0.4) is 0 Å². The molecule has 2 aliphatic heterocycles. The maximum absolute atomic E-state index is 11.1. The van der Waals surface area contributed by atoms with Crippen molar-refractivity contribution in [2.24, 2.45) is 0 Å². The highest BCUT2D eigenvalue weighted by atomic mass is 16.2. The number of nitrogens with zero attached hydrogens (tertiary/aromatic N) is 1. The largest absolute Gasteiger partial charge is 0.354 e. The van der Waals surface area contributed by atoms with Crippen molar-refractivity contribution in [3.8, 4) is 0 Å². The molecule has 0 aromatic carbocycles. The first-order chi connectivity index (χ1) is 6.34. The first kappa shape index (κ1) is 8.97. The maximum Gasteiger partial charge on any atom is 0.234 e. The van der Waals surface area contributed by atoms with Crippen molar-refractivity contribution >= 4 is 5.91 Å². The van der Waals surface area contributed by atoms with Gasteiger partial charge in [0.1, 0.15) is 0 Å². The van der Waals surface area contributed by atoms with E-state index in [0.717, 1.165) is 26.2 Å². The summed E-state index contributed by atoms with van der Waals surface area (Å²) in [5, 5.41) is 6.28. The van der Waals surface area contributed by atoms with Crippen LogP contribution in [0, 0.1) is 0 Å². The molecule has 1 atom stereocenters. The molecule has 2 N–H and O–H groups in total. The molecule has 0 unspecified atom stereocenters. The van der Waals surface area contributed by atoms with Gasteiger partial charge in [0.15, 0.2) is 0 Å². The third-order valence-electron chi connectivity index (χ3n) is 2.76. The molecule has 2 heterocycles. The average molecular weight is 183 g/mol. The van der Waals surface area contributed by atoms with Crippen molar-refractivity contribution in [2.45, 2.75) is 18.9 Å². The van der Waals surface area contributed by atoms with Gasteiger partial charge in [0.05, 0.1) is 6.54 Å². The van der Waals surface area contributed by atoms with Gasteiger partial charge >= 0.3 is 0 Å². The van der Waals surface area contributed by atoms with Crippen LogP contribution >= 0.6 is 0 Å². The summed E-state index contributed by atoms with van der Waals surface area (Å²) in [6, 6.07) is 0.617. The number of carbonyl (C=O) groups is 1. The second kappa shape index (κ2) is 4.07. The molecular weight excluding hydrogens is 166 g/mol. The molecule has 1 amide bonds. The third-order valence-corrected chi connectivity index (χ3v) is 2.76. The second-order valence-electron chi connectivity index (χ2n) is 3.88. The van der Waals surface area contributed by atoms with Gasteiger partial charge in [-0.2, -0.15) is 0 Å². The molecule has 0 radical (unpaired) electrons. The molecule has 2 fully saturated rings. The zero-order valence-electron chi connectivity index (χ0n) is 7.88. The van der Waals surface area contributed by atoms with Crippen molar-refractivity contribution in [3.63, 3.8) is 0 Å². The number of piperazine rings is 1. The zero-order chi connectivity index (χ0) is 9.10. The lowest BCUT2D eigenvalue weighted by atomic mass is 10.2. The Morgan fingerprint density at radius 1 is 1.46 bits per heavy atom. The van der Waals surface area contributed by atoms with E-state index in [1.54, 1.807) is 0 Å². The summed E-state index contributed by atoms with van der Waals surface area (Å²) in [7, 11) is 0. The summed E-state index contributed by atoms with van der Waals surface area (Å²) < 4.78 is 0. The normalized spacial score (nSPS) is 30.5. The lowest BCUT2D eigenvalue weighted by Crippen LogP contribution is -2.50. The minimum absolute atomic E-state index is 0.171. The summed E-state index contributed by atoms with van der Waals surface area (Å²) in [4.78, 5) is 13.3. The summed E-state index contributed by atoms with van der Waals surface area (Å²) >= 11 is 0. The van der Waals surface area contributed by atoms with E-state index in [2.05, 4.69) is 15.5 Å². The van der Waals surface area contributed by atoms with Crippen LogP contribution in [0.2, 0.25) is 0 Å². The fourth-order valence-electron chi connectivity index (χ4n) is 2.07. The summed E-state index contributed by atoms with van der Waals surface area (Å²) in [5.41, 5.74) is 0. The van der Waals surface area contributed by atoms with Crippen LogP contribution in [0.25, 0.3) is 0 Å². The molecule has 4 heteroatoms. The summed E-state index contributed by atoms with van der Waals surface area (Å²) in [6.07, 6.45) is 2.54. The van der Waals surface area contributed by atoms with Crippen molar-refractivity contribution in [3.05, 3.63) is 0 Å². The van der Waals surface area contributed by atoms with E-state index in [4.69, 9.17) is 0 Å². The first-order valence-electron chi connectivity index (χ1n) is 5.07. The Hall–Kier alpha value is -0.610. The van der Waals surface area contributed by atoms with Crippen LogP contribution in [0.4, 0.5) is 0 Å². The first-order valence-corrected chi connectivity index (χ1v) is 5.07. The Kier molecular flexibility index (Phi) is 2.80. The van der Waals surface area contributed by atoms with Crippen LogP contribution in [0.5, 0.6) is 0 Å². The van der Waals surface area contributed by atoms with Crippen LogP contribution in [-0.2, 0) is 4.79 Å². The molecule has 0 spiro atoms. The van der Waals surface area contributed by atoms with Gasteiger partial charge in [0, 0.05) is 25.7 Å². The van der Waals surface area contributed by atoms with Crippen LogP contribution < -0.4 is 10.6 Å². The lowest BCUT2D eigenvalue weighted by Gasteiger charge is -2.28. The van der Waals surface area contributed by atoms with E-state index in [1.165, 1.54) is 12.8 Å². The molecule has 2 aliphatic rings. The van der Waals surface area contributed by atoms with Gasteiger partial charge < -0.3 is 10.6 Å². The van der Waals surface area contributed by atoms with E-state index in [1.807, 2.05) is 0 Å². The Labute approximate surface area is 78.7 Å². The molecule has 0 aliphatic carbocycles. The highest BCUT2D eigenvalue weighted by Gasteiger charge is 2.21. The highest BCUT2D eigenvalue weighted by Crippen LogP contribution is 2.07. The molecule has 74 valence electrons. The van der Waals surface area contributed by atoms with E-state index in [0.29, 0.717) is 12.6 Å². The van der Waals surface area contributed by atoms with Gasteiger partial charge in [-0.3, -0.25) is 9.69 Å². The van der Waals surface area contributed by atoms with E-state index in [9.17, 15) is 4.79 Å². The molecule has 0 bridgehead atoms. The maximum atomic E-state index is 11.1. The standard InChI is InChI=1S/C9H17N3O/c13-9-7-12(5-4-11-9)6-8-2-1-3-10-8/h8,10H,1-7H2,(H,11,13)/t8-/m0/s1. The van der Waals surface area contributed by atoms with Crippen molar-refractivity contribution in [1.29, 1.82) is 0 Å². The third kappa shape index (κ3) is 2.42. The predicted octanol–water partition coefficient (Wildman–Crippen LogP) is -0.830. The van der Waals surface area contributed by atoms with Crippen molar-refractivity contribution < 1.29 is 4.79 Å². The number of rotatable bonds is 2. The number of amides is 1. The Bertz CT molecular complexity index is 189. The van der Waals surface area contributed by atoms with Gasteiger partial charge in [0.25, 0.3) is 0 Å². The predicted molar refractivity (Wildman–Crippen MR) is 50.5 cm³/mol. The van der Waals surface area contributed by atoms with Gasteiger partial charge in [0.2, 0.25) is 5.91 Å². The Morgan fingerprint density at radius 3 is 3.08 bits per heavy atom. The smallest absolute Gasteiger partial charge is 0.234 e. The number of hydrogen-bond donors (Lipinski definition) is 2. The van der Waals surface area contributed by atoms with Crippen molar-refractivity contribution in [2.75, 3.05) is 32.7 Å². The topological polar surface area (TPSA) is 44.4 Å². The zero-order valence-corrected chi connectivity index (χ0v) is 7.88. The van der Waals surface area contributed by atoms with Crippen LogP contribution in [0.15, 0.2) is 0 Å². The second-order valence-corrected chi connectivity index (χ2v) is 3.88. The minimum atomic E-state index is 0.171. The van der Waals surface area contributed by atoms with Gasteiger partial charge in [-0.1, -0.05) is 0 Å². The summed E-state index contributed by atoms with van der Waals surface area (Å²) in [5.74, 6) is 0.171.